The molecule has 2 aliphatic carbocycles. The van der Waals surface area contributed by atoms with Crippen LogP contribution in [0.5, 0.6) is 0 Å². The summed E-state index contributed by atoms with van der Waals surface area (Å²) in [5, 5.41) is 0. The maximum Gasteiger partial charge on any atom is 0.181 e. The molecule has 3 aliphatic rings. The van der Waals surface area contributed by atoms with Crippen LogP contribution in [0.25, 0.3) is 0 Å². The molecule has 0 N–H and O–H groups in total. The third kappa shape index (κ3) is 1.82. The van der Waals surface area contributed by atoms with Crippen molar-refractivity contribution in [3.05, 3.63) is 12.7 Å². The Hall–Kier alpha value is -0.670. The van der Waals surface area contributed by atoms with Gasteiger partial charge in [-0.25, -0.2) is 0 Å². The van der Waals surface area contributed by atoms with Crippen molar-refractivity contribution in [2.24, 2.45) is 11.3 Å². The normalized spacial score (nSPS) is 37.3. The smallest absolute Gasteiger partial charge is 0.181 e. The minimum atomic E-state index is -0.587. The molecule has 2 saturated carbocycles. The fraction of sp³-hybridized carbons (Fsp3) is 0.812. The highest BCUT2D eigenvalue weighted by molar-refractivity contribution is 5.87. The average Bonchev–Trinajstić information content (AvgIpc) is 3.02. The monoisotopic (exact) mass is 264 g/mol. The van der Waals surface area contributed by atoms with Gasteiger partial charge in [0.05, 0.1) is 18.6 Å². The molecule has 1 heterocycles. The number of hydrogen-bond acceptors (Lipinski definition) is 3. The Balaban J connectivity index is 1.95. The van der Waals surface area contributed by atoms with Crippen molar-refractivity contribution in [2.75, 3.05) is 13.2 Å². The first-order valence-electron chi connectivity index (χ1n) is 7.67. The predicted molar refractivity (Wildman–Crippen MR) is 72.7 cm³/mol. The van der Waals surface area contributed by atoms with Crippen LogP contribution in [0.2, 0.25) is 0 Å². The van der Waals surface area contributed by atoms with Gasteiger partial charge in [-0.1, -0.05) is 6.08 Å². The number of allylic oxidation sites excluding steroid dienone is 1. The summed E-state index contributed by atoms with van der Waals surface area (Å²) in [7, 11) is 0. The highest BCUT2D eigenvalue weighted by Crippen LogP contribution is 2.60. The van der Waals surface area contributed by atoms with Gasteiger partial charge >= 0.3 is 0 Å². The molecule has 19 heavy (non-hydrogen) atoms. The molecular weight excluding hydrogens is 240 g/mol. The van der Waals surface area contributed by atoms with Crippen LogP contribution in [0.4, 0.5) is 0 Å². The Morgan fingerprint density at radius 1 is 1.26 bits per heavy atom. The molecule has 0 unspecified atom stereocenters. The van der Waals surface area contributed by atoms with E-state index in [2.05, 4.69) is 6.58 Å². The van der Waals surface area contributed by atoms with Gasteiger partial charge in [0.2, 0.25) is 0 Å². The Morgan fingerprint density at radius 2 is 2.05 bits per heavy atom. The lowest BCUT2D eigenvalue weighted by molar-refractivity contribution is -0.237. The van der Waals surface area contributed by atoms with Crippen LogP contribution in [0.15, 0.2) is 12.7 Å². The number of hydrogen-bond donors (Lipinski definition) is 0. The number of fused-ring (bicyclic) bond motifs is 1. The van der Waals surface area contributed by atoms with Crippen molar-refractivity contribution in [1.82, 2.24) is 0 Å². The highest BCUT2D eigenvalue weighted by Gasteiger charge is 2.66. The van der Waals surface area contributed by atoms with Crippen LogP contribution in [0, 0.1) is 11.3 Å². The lowest BCUT2D eigenvalue weighted by atomic mass is 9.60. The summed E-state index contributed by atoms with van der Waals surface area (Å²) < 4.78 is 12.0. The summed E-state index contributed by atoms with van der Waals surface area (Å²) >= 11 is 0. The molecule has 2 spiro atoms. The largest absolute Gasteiger partial charge is 0.346 e. The number of Topliss-reactive ketones (excluding diaryl/α,β-unsaturated/α-hetero) is 1. The van der Waals surface area contributed by atoms with E-state index in [0.717, 1.165) is 44.9 Å². The fourth-order valence-electron chi connectivity index (χ4n) is 4.65. The Bertz CT molecular complexity index is 365. The van der Waals surface area contributed by atoms with Gasteiger partial charge < -0.3 is 9.47 Å². The lowest BCUT2D eigenvalue weighted by Crippen LogP contribution is -2.56. The summed E-state index contributed by atoms with van der Waals surface area (Å²) in [5.41, 5.74) is -0.356. The second-order valence-electron chi connectivity index (χ2n) is 6.15. The summed E-state index contributed by atoms with van der Waals surface area (Å²) in [5.74, 6) is 0.218. The summed E-state index contributed by atoms with van der Waals surface area (Å²) in [6.45, 7) is 5.10. The summed E-state index contributed by atoms with van der Waals surface area (Å²) in [6, 6.07) is 0. The number of ketones is 1. The Morgan fingerprint density at radius 3 is 2.79 bits per heavy atom. The van der Waals surface area contributed by atoms with E-state index in [4.69, 9.17) is 9.47 Å². The topological polar surface area (TPSA) is 35.5 Å². The van der Waals surface area contributed by atoms with E-state index in [0.29, 0.717) is 31.3 Å². The second-order valence-corrected chi connectivity index (χ2v) is 6.15. The molecule has 3 heteroatoms. The van der Waals surface area contributed by atoms with Gasteiger partial charge in [-0.3, -0.25) is 4.79 Å². The van der Waals surface area contributed by atoms with Gasteiger partial charge in [-0.05, 0) is 44.4 Å². The van der Waals surface area contributed by atoms with Crippen molar-refractivity contribution < 1.29 is 14.3 Å². The second kappa shape index (κ2) is 5.02. The van der Waals surface area contributed by atoms with Gasteiger partial charge in [-0.2, -0.15) is 0 Å². The molecule has 0 amide bonds. The lowest BCUT2D eigenvalue weighted by Gasteiger charge is -2.48. The van der Waals surface area contributed by atoms with E-state index < -0.39 is 5.79 Å². The molecule has 3 fully saturated rings. The molecule has 3 rings (SSSR count). The first kappa shape index (κ1) is 13.3. The van der Waals surface area contributed by atoms with Crippen molar-refractivity contribution in [2.45, 2.75) is 57.2 Å². The Labute approximate surface area is 115 Å². The third-order valence-electron chi connectivity index (χ3n) is 5.38. The van der Waals surface area contributed by atoms with E-state index in [-0.39, 0.29) is 5.41 Å². The van der Waals surface area contributed by atoms with E-state index in [9.17, 15) is 4.79 Å². The minimum Gasteiger partial charge on any atom is -0.346 e. The zero-order chi connectivity index (χ0) is 13.3. The first-order chi connectivity index (χ1) is 9.25. The first-order valence-corrected chi connectivity index (χ1v) is 7.67. The number of carbonyl (C=O) groups is 1. The molecule has 0 aromatic carbocycles. The number of rotatable bonds is 3. The van der Waals surface area contributed by atoms with Crippen LogP contribution >= 0.6 is 0 Å². The molecule has 1 saturated heterocycles. The van der Waals surface area contributed by atoms with Crippen LogP contribution in [0.1, 0.15) is 51.4 Å². The third-order valence-corrected chi connectivity index (χ3v) is 5.38. The molecule has 0 aromatic rings. The van der Waals surface area contributed by atoms with E-state index >= 15 is 0 Å². The van der Waals surface area contributed by atoms with Crippen molar-refractivity contribution in [1.29, 1.82) is 0 Å². The van der Waals surface area contributed by atoms with Crippen LogP contribution in [-0.4, -0.2) is 24.8 Å². The minimum absolute atomic E-state index is 0.356. The summed E-state index contributed by atoms with van der Waals surface area (Å²) in [4.78, 5) is 12.8. The van der Waals surface area contributed by atoms with Crippen molar-refractivity contribution in [3.63, 3.8) is 0 Å². The molecule has 0 radical (unpaired) electrons. The fourth-order valence-corrected chi connectivity index (χ4v) is 4.65. The summed E-state index contributed by atoms with van der Waals surface area (Å²) in [6.07, 6.45) is 9.75. The van der Waals surface area contributed by atoms with Crippen molar-refractivity contribution >= 4 is 5.78 Å². The van der Waals surface area contributed by atoms with Crippen LogP contribution in [-0.2, 0) is 14.3 Å². The Kier molecular flexibility index (Phi) is 3.52. The molecule has 106 valence electrons. The van der Waals surface area contributed by atoms with E-state index in [1.807, 2.05) is 6.08 Å². The van der Waals surface area contributed by atoms with Gasteiger partial charge in [0.1, 0.15) is 5.78 Å². The number of ether oxygens (including phenoxy) is 2. The maximum atomic E-state index is 12.8. The van der Waals surface area contributed by atoms with Gasteiger partial charge in [-0.15, -0.1) is 6.58 Å². The van der Waals surface area contributed by atoms with Crippen molar-refractivity contribution in [3.8, 4) is 0 Å². The van der Waals surface area contributed by atoms with Gasteiger partial charge in [0, 0.05) is 12.8 Å². The molecule has 1 aliphatic heterocycles. The number of carbonyl (C=O) groups excluding carboxylic acids is 1. The molecule has 3 nitrogen and oxygen atoms in total. The SMILES string of the molecule is C=CCC[C@@H]1CCCC(=O)[C@@]12CCCC21OCCO1. The quantitative estimate of drug-likeness (QED) is 0.734. The average molecular weight is 264 g/mol. The molecule has 0 aromatic heterocycles. The predicted octanol–water partition coefficient (Wildman–Crippen LogP) is 3.24. The maximum absolute atomic E-state index is 12.8. The highest BCUT2D eigenvalue weighted by atomic mass is 16.7. The van der Waals surface area contributed by atoms with Gasteiger partial charge in [0.25, 0.3) is 0 Å². The zero-order valence-corrected chi connectivity index (χ0v) is 11.7. The molecule has 2 atom stereocenters. The van der Waals surface area contributed by atoms with E-state index in [1.54, 1.807) is 0 Å². The van der Waals surface area contributed by atoms with Crippen LogP contribution < -0.4 is 0 Å². The zero-order valence-electron chi connectivity index (χ0n) is 11.7. The van der Waals surface area contributed by atoms with Gasteiger partial charge in [0.15, 0.2) is 5.79 Å². The standard InChI is InChI=1S/C16H24O3/c1-2-3-6-13-7-4-8-14(17)15(13)9-5-10-16(15)18-11-12-19-16/h2,13H,1,3-12H2/t13-,15-/m1/s1. The van der Waals surface area contributed by atoms with E-state index in [1.165, 1.54) is 0 Å². The molecular formula is C16H24O3. The van der Waals surface area contributed by atoms with Crippen LogP contribution in [0.3, 0.4) is 0 Å². The molecule has 0 bridgehead atoms.